The van der Waals surface area contributed by atoms with Gasteiger partial charge in [0, 0.05) is 20.0 Å². The fourth-order valence-electron chi connectivity index (χ4n) is 2.37. The van der Waals surface area contributed by atoms with Crippen molar-refractivity contribution in [3.63, 3.8) is 0 Å². The second-order valence-electron chi connectivity index (χ2n) is 4.57. The van der Waals surface area contributed by atoms with Crippen LogP contribution in [0.15, 0.2) is 12.2 Å². The van der Waals surface area contributed by atoms with Crippen LogP contribution in [0.1, 0.15) is 25.7 Å². The number of nitrogens with zero attached hydrogens (tertiary/aromatic N) is 2. The summed E-state index contributed by atoms with van der Waals surface area (Å²) in [5.41, 5.74) is 0. The molecule has 0 radical (unpaired) electrons. The minimum Gasteiger partial charge on any atom is -0.338 e. The molecule has 0 aromatic heterocycles. The first-order valence-electron chi connectivity index (χ1n) is 5.92. The maximum atomic E-state index is 11.5. The van der Waals surface area contributed by atoms with E-state index in [0.29, 0.717) is 12.5 Å². The lowest BCUT2D eigenvalue weighted by atomic mass is 10.1. The van der Waals surface area contributed by atoms with E-state index in [0.717, 1.165) is 6.54 Å². The molecule has 0 aromatic rings. The molecule has 2 heterocycles. The van der Waals surface area contributed by atoms with Crippen LogP contribution in [0, 0.1) is 0 Å². The largest absolute Gasteiger partial charge is 0.338 e. The van der Waals surface area contributed by atoms with E-state index in [1.54, 1.807) is 0 Å². The third kappa shape index (κ3) is 2.59. The minimum atomic E-state index is 0.250. The molecule has 1 fully saturated rings. The molecule has 3 heteroatoms. The van der Waals surface area contributed by atoms with Crippen LogP contribution in [-0.4, -0.2) is 48.4 Å². The predicted octanol–water partition coefficient (Wildman–Crippen LogP) is 1.26. The number of piperidine rings is 1. The second-order valence-corrected chi connectivity index (χ2v) is 4.57. The molecule has 1 saturated heterocycles. The van der Waals surface area contributed by atoms with Crippen molar-refractivity contribution in [2.75, 3.05) is 26.7 Å². The maximum Gasteiger partial charge on any atom is 0.226 e. The van der Waals surface area contributed by atoms with Crippen LogP contribution in [0.2, 0.25) is 0 Å². The highest BCUT2D eigenvalue weighted by Crippen LogP contribution is 2.14. The van der Waals surface area contributed by atoms with E-state index < -0.39 is 0 Å². The highest BCUT2D eigenvalue weighted by molar-refractivity contribution is 5.79. The zero-order chi connectivity index (χ0) is 10.7. The SMILES string of the molecule is CN1C(=O)CC=CC1CN1CCCCC1. The van der Waals surface area contributed by atoms with Crippen LogP contribution in [0.5, 0.6) is 0 Å². The molecule has 15 heavy (non-hydrogen) atoms. The van der Waals surface area contributed by atoms with E-state index in [4.69, 9.17) is 0 Å². The first kappa shape index (κ1) is 10.7. The van der Waals surface area contributed by atoms with Gasteiger partial charge in [-0.15, -0.1) is 0 Å². The lowest BCUT2D eigenvalue weighted by molar-refractivity contribution is -0.131. The Balaban J connectivity index is 1.89. The molecule has 1 atom stereocenters. The van der Waals surface area contributed by atoms with Crippen molar-refractivity contribution >= 4 is 5.91 Å². The first-order chi connectivity index (χ1) is 7.27. The Hall–Kier alpha value is -0.830. The van der Waals surface area contributed by atoms with Gasteiger partial charge < -0.3 is 9.80 Å². The first-order valence-corrected chi connectivity index (χ1v) is 5.92. The topological polar surface area (TPSA) is 23.6 Å². The normalized spacial score (nSPS) is 28.5. The summed E-state index contributed by atoms with van der Waals surface area (Å²) >= 11 is 0. The molecule has 0 N–H and O–H groups in total. The Bertz CT molecular complexity index is 256. The summed E-state index contributed by atoms with van der Waals surface area (Å²) < 4.78 is 0. The van der Waals surface area contributed by atoms with Gasteiger partial charge in [0.15, 0.2) is 0 Å². The summed E-state index contributed by atoms with van der Waals surface area (Å²) in [4.78, 5) is 15.9. The fraction of sp³-hybridized carbons (Fsp3) is 0.750. The molecule has 0 bridgehead atoms. The van der Waals surface area contributed by atoms with E-state index in [1.165, 1.54) is 32.4 Å². The average molecular weight is 208 g/mol. The van der Waals surface area contributed by atoms with Crippen LogP contribution in [0.4, 0.5) is 0 Å². The third-order valence-corrected chi connectivity index (χ3v) is 3.44. The van der Waals surface area contributed by atoms with Crippen molar-refractivity contribution in [2.24, 2.45) is 0 Å². The van der Waals surface area contributed by atoms with Crippen molar-refractivity contribution in [3.8, 4) is 0 Å². The van der Waals surface area contributed by atoms with Crippen molar-refractivity contribution in [1.82, 2.24) is 9.80 Å². The number of hydrogen-bond acceptors (Lipinski definition) is 2. The number of carbonyl (C=O) groups is 1. The summed E-state index contributed by atoms with van der Waals surface area (Å²) in [5.74, 6) is 0.250. The molecule has 0 saturated carbocycles. The van der Waals surface area contributed by atoms with E-state index in [9.17, 15) is 4.79 Å². The molecule has 0 aromatic carbocycles. The summed E-state index contributed by atoms with van der Waals surface area (Å²) in [5, 5.41) is 0. The number of carbonyl (C=O) groups excluding carboxylic acids is 1. The highest BCUT2D eigenvalue weighted by atomic mass is 16.2. The van der Waals surface area contributed by atoms with Crippen LogP contribution in [-0.2, 0) is 4.79 Å². The molecule has 2 aliphatic heterocycles. The van der Waals surface area contributed by atoms with Gasteiger partial charge in [-0.2, -0.15) is 0 Å². The molecule has 2 rings (SSSR count). The molecule has 84 valence electrons. The van der Waals surface area contributed by atoms with Gasteiger partial charge in [0.1, 0.15) is 0 Å². The molecular formula is C12H20N2O. The van der Waals surface area contributed by atoms with Gasteiger partial charge in [0.2, 0.25) is 5.91 Å². The van der Waals surface area contributed by atoms with Gasteiger partial charge >= 0.3 is 0 Å². The van der Waals surface area contributed by atoms with E-state index in [1.807, 2.05) is 18.0 Å². The summed E-state index contributed by atoms with van der Waals surface area (Å²) in [6, 6.07) is 0.296. The van der Waals surface area contributed by atoms with Crippen molar-refractivity contribution in [3.05, 3.63) is 12.2 Å². The third-order valence-electron chi connectivity index (χ3n) is 3.44. The molecule has 1 amide bonds. The number of likely N-dealkylation sites (tertiary alicyclic amines) is 1. The van der Waals surface area contributed by atoms with Crippen molar-refractivity contribution in [1.29, 1.82) is 0 Å². The Morgan fingerprint density at radius 3 is 2.80 bits per heavy atom. The van der Waals surface area contributed by atoms with E-state index in [2.05, 4.69) is 11.0 Å². The van der Waals surface area contributed by atoms with Crippen LogP contribution in [0.25, 0.3) is 0 Å². The Morgan fingerprint density at radius 1 is 1.33 bits per heavy atom. The fourth-order valence-corrected chi connectivity index (χ4v) is 2.37. The quantitative estimate of drug-likeness (QED) is 0.638. The average Bonchev–Trinajstić information content (AvgIpc) is 2.26. The van der Waals surface area contributed by atoms with Crippen molar-refractivity contribution in [2.45, 2.75) is 31.7 Å². The molecule has 0 aliphatic carbocycles. The lowest BCUT2D eigenvalue weighted by Gasteiger charge is -2.35. The molecule has 0 spiro atoms. The van der Waals surface area contributed by atoms with Crippen molar-refractivity contribution < 1.29 is 4.79 Å². The van der Waals surface area contributed by atoms with Gasteiger partial charge in [0.05, 0.1) is 6.04 Å². The summed E-state index contributed by atoms with van der Waals surface area (Å²) in [7, 11) is 1.92. The Morgan fingerprint density at radius 2 is 2.07 bits per heavy atom. The lowest BCUT2D eigenvalue weighted by Crippen LogP contribution is -2.46. The van der Waals surface area contributed by atoms with Gasteiger partial charge in [0.25, 0.3) is 0 Å². The Kier molecular flexibility index (Phi) is 3.41. The van der Waals surface area contributed by atoms with Gasteiger partial charge in [-0.3, -0.25) is 4.79 Å². The second kappa shape index (κ2) is 4.79. The summed E-state index contributed by atoms with van der Waals surface area (Å²) in [6.45, 7) is 3.41. The minimum absolute atomic E-state index is 0.250. The zero-order valence-corrected chi connectivity index (χ0v) is 9.48. The number of likely N-dealkylation sites (N-methyl/N-ethyl adjacent to an activating group) is 1. The molecule has 3 nitrogen and oxygen atoms in total. The molecule has 2 aliphatic rings. The van der Waals surface area contributed by atoms with Gasteiger partial charge in [-0.05, 0) is 25.9 Å². The smallest absolute Gasteiger partial charge is 0.226 e. The summed E-state index contributed by atoms with van der Waals surface area (Å²) in [6.07, 6.45) is 8.76. The number of rotatable bonds is 2. The Labute approximate surface area is 91.7 Å². The standard InChI is InChI=1S/C12H20N2O/c1-13-11(6-5-7-12(13)15)10-14-8-3-2-4-9-14/h5-6,11H,2-4,7-10H2,1H3. The maximum absolute atomic E-state index is 11.5. The van der Waals surface area contributed by atoms with Crippen LogP contribution < -0.4 is 0 Å². The monoisotopic (exact) mass is 208 g/mol. The number of hydrogen-bond donors (Lipinski definition) is 0. The van der Waals surface area contributed by atoms with E-state index >= 15 is 0 Å². The predicted molar refractivity (Wildman–Crippen MR) is 60.6 cm³/mol. The zero-order valence-electron chi connectivity index (χ0n) is 9.48. The number of amides is 1. The highest BCUT2D eigenvalue weighted by Gasteiger charge is 2.23. The molecular weight excluding hydrogens is 188 g/mol. The van der Waals surface area contributed by atoms with E-state index in [-0.39, 0.29) is 5.91 Å². The molecule has 1 unspecified atom stereocenters. The van der Waals surface area contributed by atoms with Gasteiger partial charge in [-0.1, -0.05) is 18.6 Å². The van der Waals surface area contributed by atoms with Crippen LogP contribution in [0.3, 0.4) is 0 Å². The van der Waals surface area contributed by atoms with Crippen LogP contribution >= 0.6 is 0 Å². The van der Waals surface area contributed by atoms with Gasteiger partial charge in [-0.25, -0.2) is 0 Å².